The number of amides is 3. The monoisotopic (exact) mass is 486 g/mol. The fourth-order valence-corrected chi connectivity index (χ4v) is 4.59. The van der Waals surface area contributed by atoms with E-state index in [1.807, 2.05) is 0 Å². The highest BCUT2D eigenvalue weighted by Crippen LogP contribution is 2.24. The molecule has 7 nitrogen and oxygen atoms in total. The summed E-state index contributed by atoms with van der Waals surface area (Å²) in [7, 11) is 0. The first-order valence-electron chi connectivity index (χ1n) is 10.8. The minimum atomic E-state index is -0.369. The van der Waals surface area contributed by atoms with Crippen molar-refractivity contribution in [3.63, 3.8) is 0 Å². The fraction of sp³-hybridized carbons (Fsp3) is 0.292. The van der Waals surface area contributed by atoms with Crippen LogP contribution in [0.4, 0.5) is 19.3 Å². The molecule has 0 radical (unpaired) electrons. The first-order chi connectivity index (χ1) is 16.4. The second-order valence-corrected chi connectivity index (χ2v) is 9.02. The Morgan fingerprint density at radius 1 is 1.06 bits per heavy atom. The molecule has 3 amide bonds. The summed E-state index contributed by atoms with van der Waals surface area (Å²) in [4.78, 5) is 32.0. The molecule has 2 N–H and O–H groups in total. The molecule has 1 aliphatic rings. The van der Waals surface area contributed by atoms with Crippen LogP contribution >= 0.6 is 11.3 Å². The molecule has 0 saturated carbocycles. The van der Waals surface area contributed by atoms with Crippen molar-refractivity contribution >= 4 is 29.0 Å². The molecule has 1 fully saturated rings. The van der Waals surface area contributed by atoms with Crippen LogP contribution in [-0.4, -0.2) is 41.0 Å². The van der Waals surface area contributed by atoms with E-state index < -0.39 is 0 Å². The van der Waals surface area contributed by atoms with Crippen molar-refractivity contribution in [1.29, 1.82) is 0 Å². The molecule has 2 heterocycles. The summed E-state index contributed by atoms with van der Waals surface area (Å²) >= 11 is 1.29. The maximum absolute atomic E-state index is 13.0. The Bertz CT molecular complexity index is 1140. The molecular formula is C24H24F2N4O3S. The van der Waals surface area contributed by atoms with Gasteiger partial charge in [0.05, 0.1) is 5.69 Å². The quantitative estimate of drug-likeness (QED) is 0.528. The summed E-state index contributed by atoms with van der Waals surface area (Å²) in [6, 6.07) is 10.8. The number of nitrogens with one attached hydrogen (secondary N) is 2. The van der Waals surface area contributed by atoms with E-state index in [1.165, 1.54) is 47.7 Å². The lowest BCUT2D eigenvalue weighted by molar-refractivity contribution is 0.0713. The van der Waals surface area contributed by atoms with Gasteiger partial charge in [-0.15, -0.1) is 11.3 Å². The van der Waals surface area contributed by atoms with Gasteiger partial charge in [0.1, 0.15) is 33.9 Å². The van der Waals surface area contributed by atoms with Crippen molar-refractivity contribution in [3.05, 3.63) is 75.7 Å². The lowest BCUT2D eigenvalue weighted by Gasteiger charge is -2.32. The Morgan fingerprint density at radius 3 is 2.32 bits per heavy atom. The van der Waals surface area contributed by atoms with Gasteiger partial charge >= 0.3 is 6.03 Å². The number of nitrogens with zero attached hydrogens (tertiary/aromatic N) is 2. The zero-order valence-corrected chi connectivity index (χ0v) is 19.3. The van der Waals surface area contributed by atoms with Crippen LogP contribution in [0.1, 0.15) is 33.2 Å². The number of anilines is 1. The molecule has 0 spiro atoms. The molecule has 1 aliphatic heterocycles. The first-order valence-corrected chi connectivity index (χ1v) is 11.7. The first kappa shape index (κ1) is 23.6. The minimum Gasteiger partial charge on any atom is -0.486 e. The highest BCUT2D eigenvalue weighted by atomic mass is 32.1. The van der Waals surface area contributed by atoms with Gasteiger partial charge in [-0.25, -0.2) is 18.6 Å². The van der Waals surface area contributed by atoms with Crippen LogP contribution in [0.25, 0.3) is 0 Å². The van der Waals surface area contributed by atoms with E-state index >= 15 is 0 Å². The Labute approximate surface area is 199 Å². The summed E-state index contributed by atoms with van der Waals surface area (Å²) in [6.07, 6.45) is 1.25. The fourth-order valence-electron chi connectivity index (χ4n) is 3.64. The number of rotatable bonds is 6. The van der Waals surface area contributed by atoms with E-state index in [4.69, 9.17) is 4.74 Å². The number of piperidine rings is 1. The van der Waals surface area contributed by atoms with Gasteiger partial charge in [-0.1, -0.05) is 0 Å². The van der Waals surface area contributed by atoms with Gasteiger partial charge in [-0.2, -0.15) is 0 Å². The van der Waals surface area contributed by atoms with E-state index in [2.05, 4.69) is 15.6 Å². The van der Waals surface area contributed by atoms with Crippen LogP contribution in [0.3, 0.4) is 0 Å². The second-order valence-electron chi connectivity index (χ2n) is 7.94. The minimum absolute atomic E-state index is 0.0632. The SMILES string of the molecule is Cc1nc(COc2ccc(F)cc2)sc1C(=O)N1CCC(NC(=O)Nc2ccc(F)cc2)CC1. The highest BCUT2D eigenvalue weighted by molar-refractivity contribution is 7.13. The van der Waals surface area contributed by atoms with E-state index in [-0.39, 0.29) is 36.2 Å². The lowest BCUT2D eigenvalue weighted by Crippen LogP contribution is -2.47. The highest BCUT2D eigenvalue weighted by Gasteiger charge is 2.27. The van der Waals surface area contributed by atoms with Gasteiger partial charge < -0.3 is 20.3 Å². The van der Waals surface area contributed by atoms with Gasteiger partial charge in [0.2, 0.25) is 0 Å². The molecule has 1 aromatic heterocycles. The number of carbonyl (C=O) groups excluding carboxylic acids is 2. The van der Waals surface area contributed by atoms with Crippen LogP contribution in [0.15, 0.2) is 48.5 Å². The molecule has 178 valence electrons. The second kappa shape index (κ2) is 10.6. The van der Waals surface area contributed by atoms with Crippen molar-refractivity contribution in [2.75, 3.05) is 18.4 Å². The van der Waals surface area contributed by atoms with Crippen molar-refractivity contribution in [3.8, 4) is 5.75 Å². The van der Waals surface area contributed by atoms with Crippen molar-refractivity contribution in [1.82, 2.24) is 15.2 Å². The number of urea groups is 1. The topological polar surface area (TPSA) is 83.6 Å². The van der Waals surface area contributed by atoms with Crippen LogP contribution < -0.4 is 15.4 Å². The number of aryl methyl sites for hydroxylation is 1. The van der Waals surface area contributed by atoms with E-state index in [1.54, 1.807) is 24.0 Å². The largest absolute Gasteiger partial charge is 0.486 e. The molecule has 2 aromatic carbocycles. The molecule has 1 saturated heterocycles. The van der Waals surface area contributed by atoms with Gasteiger partial charge in [0.15, 0.2) is 0 Å². The molecule has 10 heteroatoms. The molecule has 4 rings (SSSR count). The Kier molecular flexibility index (Phi) is 7.36. The number of ether oxygens (including phenoxy) is 1. The van der Waals surface area contributed by atoms with Crippen LogP contribution in [-0.2, 0) is 6.61 Å². The van der Waals surface area contributed by atoms with E-state index in [0.717, 1.165) is 0 Å². The summed E-state index contributed by atoms with van der Waals surface area (Å²) in [5, 5.41) is 6.25. The van der Waals surface area contributed by atoms with E-state index in [0.29, 0.717) is 52.9 Å². The van der Waals surface area contributed by atoms with Crippen molar-refractivity contribution in [2.24, 2.45) is 0 Å². The molecule has 0 unspecified atom stereocenters. The molecule has 34 heavy (non-hydrogen) atoms. The summed E-state index contributed by atoms with van der Waals surface area (Å²) in [5.41, 5.74) is 1.15. The number of carbonyl (C=O) groups is 2. The Balaban J connectivity index is 1.26. The Morgan fingerprint density at radius 2 is 1.68 bits per heavy atom. The predicted molar refractivity (Wildman–Crippen MR) is 125 cm³/mol. The number of halogens is 2. The van der Waals surface area contributed by atoms with Gasteiger partial charge in [-0.3, -0.25) is 4.79 Å². The molecule has 0 bridgehead atoms. The smallest absolute Gasteiger partial charge is 0.319 e. The summed E-state index contributed by atoms with van der Waals surface area (Å²) in [6.45, 7) is 3.01. The predicted octanol–water partition coefficient (Wildman–Crippen LogP) is 4.74. The number of aromatic nitrogens is 1. The molecular weight excluding hydrogens is 462 g/mol. The zero-order chi connectivity index (χ0) is 24.1. The van der Waals surface area contributed by atoms with Crippen LogP contribution in [0.2, 0.25) is 0 Å². The third kappa shape index (κ3) is 6.07. The number of thiazole rings is 1. The number of likely N-dealkylation sites (tertiary alicyclic amines) is 1. The van der Waals surface area contributed by atoms with Crippen LogP contribution in [0.5, 0.6) is 5.75 Å². The normalized spacial score (nSPS) is 14.0. The van der Waals surface area contributed by atoms with Crippen LogP contribution in [0, 0.1) is 18.6 Å². The molecule has 3 aromatic rings. The number of hydrogen-bond acceptors (Lipinski definition) is 5. The average molecular weight is 487 g/mol. The van der Waals surface area contributed by atoms with Gasteiger partial charge in [-0.05, 0) is 68.3 Å². The number of benzene rings is 2. The van der Waals surface area contributed by atoms with Crippen molar-refractivity contribution in [2.45, 2.75) is 32.4 Å². The van der Waals surface area contributed by atoms with Gasteiger partial charge in [0, 0.05) is 24.8 Å². The third-order valence-corrected chi connectivity index (χ3v) is 6.55. The van der Waals surface area contributed by atoms with Gasteiger partial charge in [0.25, 0.3) is 5.91 Å². The zero-order valence-electron chi connectivity index (χ0n) is 18.5. The summed E-state index contributed by atoms with van der Waals surface area (Å²) in [5.74, 6) is -0.262. The summed E-state index contributed by atoms with van der Waals surface area (Å²) < 4.78 is 31.6. The molecule has 0 atom stereocenters. The Hall–Kier alpha value is -3.53. The van der Waals surface area contributed by atoms with E-state index in [9.17, 15) is 18.4 Å². The molecule has 0 aliphatic carbocycles. The van der Waals surface area contributed by atoms with Crippen molar-refractivity contribution < 1.29 is 23.1 Å². The maximum atomic E-state index is 13.0. The maximum Gasteiger partial charge on any atom is 0.319 e. The third-order valence-electron chi connectivity index (χ3n) is 5.43. The average Bonchev–Trinajstić information content (AvgIpc) is 3.20. The number of hydrogen-bond donors (Lipinski definition) is 2. The lowest BCUT2D eigenvalue weighted by atomic mass is 10.0. The standard InChI is InChI=1S/C24H24F2N4O3S/c1-15-22(34-21(27-15)14-33-20-8-4-17(26)5-9-20)23(31)30-12-10-19(11-13-30)29-24(32)28-18-6-2-16(25)3-7-18/h2-9,19H,10-14H2,1H3,(H2,28,29,32).